The zero-order valence-corrected chi connectivity index (χ0v) is 17.9. The summed E-state index contributed by atoms with van der Waals surface area (Å²) < 4.78 is 12.4. The van der Waals surface area contributed by atoms with Gasteiger partial charge < -0.3 is 19.1 Å². The maximum absolute atomic E-state index is 10.1. The molecule has 7 nitrogen and oxygen atoms in total. The van der Waals surface area contributed by atoms with E-state index in [2.05, 4.69) is 28.3 Å². The molecule has 0 atom stereocenters. The van der Waals surface area contributed by atoms with Crippen LogP contribution in [0.3, 0.4) is 0 Å². The van der Waals surface area contributed by atoms with Crippen LogP contribution in [-0.4, -0.2) is 51.8 Å². The molecule has 0 radical (unpaired) electrons. The molecule has 1 aromatic heterocycles. The highest BCUT2D eigenvalue weighted by molar-refractivity contribution is 7.99. The van der Waals surface area contributed by atoms with Gasteiger partial charge in [-0.2, -0.15) is 0 Å². The van der Waals surface area contributed by atoms with Gasteiger partial charge in [0.15, 0.2) is 16.7 Å². The van der Waals surface area contributed by atoms with Crippen LogP contribution in [0, 0.1) is 0 Å². The Morgan fingerprint density at radius 1 is 1.29 bits per heavy atom. The van der Waals surface area contributed by atoms with E-state index >= 15 is 0 Å². The molecule has 1 heterocycles. The first-order valence-corrected chi connectivity index (χ1v) is 9.87. The van der Waals surface area contributed by atoms with E-state index in [0.717, 1.165) is 16.5 Å². The molecule has 152 valence electrons. The standard InChI is InChI=1S/C19H25ClN4O3S/c1-6-7-24-17(21-22-19(24)28-12-13(2)20)11-23(3)10-14-8-15(26-4)18(25)16(9-14)27-5/h6,8-9,25H,1-2,7,10-12H2,3-5H3. The minimum Gasteiger partial charge on any atom is -0.502 e. The molecular weight excluding hydrogens is 400 g/mol. The van der Waals surface area contributed by atoms with Gasteiger partial charge in [-0.05, 0) is 24.7 Å². The number of hydrogen-bond acceptors (Lipinski definition) is 7. The van der Waals surface area contributed by atoms with Crippen LogP contribution < -0.4 is 9.47 Å². The summed E-state index contributed by atoms with van der Waals surface area (Å²) in [7, 11) is 5.00. The van der Waals surface area contributed by atoms with Crippen molar-refractivity contribution in [2.75, 3.05) is 27.0 Å². The minimum absolute atomic E-state index is 0.00956. The number of halogens is 1. The lowest BCUT2D eigenvalue weighted by Crippen LogP contribution is -2.20. The van der Waals surface area contributed by atoms with Crippen molar-refractivity contribution in [2.45, 2.75) is 24.8 Å². The topological polar surface area (TPSA) is 72.6 Å². The molecule has 0 amide bonds. The van der Waals surface area contributed by atoms with Gasteiger partial charge >= 0.3 is 0 Å². The number of benzene rings is 1. The van der Waals surface area contributed by atoms with E-state index in [0.29, 0.717) is 41.9 Å². The van der Waals surface area contributed by atoms with E-state index in [1.807, 2.05) is 17.7 Å². The lowest BCUT2D eigenvalue weighted by atomic mass is 10.1. The molecule has 1 N–H and O–H groups in total. The van der Waals surface area contributed by atoms with Gasteiger partial charge in [-0.3, -0.25) is 4.90 Å². The molecule has 9 heteroatoms. The Kier molecular flexibility index (Phi) is 8.22. The van der Waals surface area contributed by atoms with Gasteiger partial charge in [0.05, 0.1) is 20.8 Å². The molecule has 0 aliphatic heterocycles. The average Bonchev–Trinajstić information content (AvgIpc) is 3.03. The van der Waals surface area contributed by atoms with E-state index < -0.39 is 0 Å². The monoisotopic (exact) mass is 424 g/mol. The van der Waals surface area contributed by atoms with Crippen LogP contribution in [0.2, 0.25) is 0 Å². The molecule has 1 aromatic carbocycles. The van der Waals surface area contributed by atoms with E-state index in [4.69, 9.17) is 21.1 Å². The molecule has 0 spiro atoms. The van der Waals surface area contributed by atoms with E-state index in [1.165, 1.54) is 26.0 Å². The number of hydrogen-bond donors (Lipinski definition) is 1. The number of methoxy groups -OCH3 is 2. The van der Waals surface area contributed by atoms with Crippen LogP contribution in [0.5, 0.6) is 17.2 Å². The van der Waals surface area contributed by atoms with Gasteiger partial charge in [0.1, 0.15) is 5.82 Å². The van der Waals surface area contributed by atoms with Gasteiger partial charge in [-0.25, -0.2) is 0 Å². The number of phenolic OH excluding ortho intramolecular Hbond substituents is 1. The zero-order chi connectivity index (χ0) is 20.7. The zero-order valence-electron chi connectivity index (χ0n) is 16.3. The summed E-state index contributed by atoms with van der Waals surface area (Å²) in [6.07, 6.45) is 1.81. The summed E-state index contributed by atoms with van der Waals surface area (Å²) in [5.74, 6) is 2.13. The van der Waals surface area contributed by atoms with Gasteiger partial charge in [-0.15, -0.1) is 16.8 Å². The Balaban J connectivity index is 2.15. The highest BCUT2D eigenvalue weighted by atomic mass is 35.5. The Morgan fingerprint density at radius 2 is 1.93 bits per heavy atom. The highest BCUT2D eigenvalue weighted by Crippen LogP contribution is 2.37. The number of rotatable bonds is 11. The summed E-state index contributed by atoms with van der Waals surface area (Å²) in [6, 6.07) is 3.58. The van der Waals surface area contributed by atoms with Gasteiger partial charge in [0.25, 0.3) is 0 Å². The Hall–Kier alpha value is -2.16. The predicted molar refractivity (Wildman–Crippen MR) is 112 cm³/mol. The number of allylic oxidation sites excluding steroid dienone is 1. The third-order valence-corrected chi connectivity index (χ3v) is 5.21. The number of aromatic hydroxyl groups is 1. The minimum atomic E-state index is -0.00956. The average molecular weight is 425 g/mol. The molecule has 28 heavy (non-hydrogen) atoms. The summed E-state index contributed by atoms with van der Waals surface area (Å²) in [6.45, 7) is 9.30. The van der Waals surface area contributed by atoms with E-state index in [1.54, 1.807) is 12.1 Å². The number of thioether (sulfide) groups is 1. The first-order valence-electron chi connectivity index (χ1n) is 8.51. The van der Waals surface area contributed by atoms with Crippen LogP contribution in [0.25, 0.3) is 0 Å². The van der Waals surface area contributed by atoms with Crippen molar-refractivity contribution in [3.63, 3.8) is 0 Å². The molecule has 0 saturated carbocycles. The van der Waals surface area contributed by atoms with Crippen molar-refractivity contribution in [3.05, 3.63) is 47.8 Å². The molecular formula is C19H25ClN4O3S. The normalized spacial score (nSPS) is 10.9. The summed E-state index contributed by atoms with van der Waals surface area (Å²) in [4.78, 5) is 2.09. The molecule has 0 aliphatic carbocycles. The van der Waals surface area contributed by atoms with E-state index in [-0.39, 0.29) is 5.75 Å². The fourth-order valence-electron chi connectivity index (χ4n) is 2.65. The fourth-order valence-corrected chi connectivity index (χ4v) is 3.53. The summed E-state index contributed by atoms with van der Waals surface area (Å²) >= 11 is 7.35. The quantitative estimate of drug-likeness (QED) is 0.436. The van der Waals surface area contributed by atoms with Crippen molar-refractivity contribution in [1.82, 2.24) is 19.7 Å². The second kappa shape index (κ2) is 10.4. The third-order valence-electron chi connectivity index (χ3n) is 3.87. The smallest absolute Gasteiger partial charge is 0.200 e. The second-order valence-corrected chi connectivity index (χ2v) is 7.60. The van der Waals surface area contributed by atoms with Crippen molar-refractivity contribution in [2.24, 2.45) is 0 Å². The fraction of sp³-hybridized carbons (Fsp3) is 0.368. The molecule has 0 bridgehead atoms. The summed E-state index contributed by atoms with van der Waals surface area (Å²) in [5, 5.41) is 20.0. The van der Waals surface area contributed by atoms with Gasteiger partial charge in [0, 0.05) is 23.9 Å². The van der Waals surface area contributed by atoms with Crippen LogP contribution in [0.4, 0.5) is 0 Å². The number of aromatic nitrogens is 3. The number of nitrogens with zero attached hydrogens (tertiary/aromatic N) is 4. The van der Waals surface area contributed by atoms with Crippen molar-refractivity contribution < 1.29 is 14.6 Å². The number of phenols is 1. The van der Waals surface area contributed by atoms with E-state index in [9.17, 15) is 5.11 Å². The van der Waals surface area contributed by atoms with Gasteiger partial charge in [0.2, 0.25) is 5.75 Å². The van der Waals surface area contributed by atoms with Crippen molar-refractivity contribution in [1.29, 1.82) is 0 Å². The van der Waals surface area contributed by atoms with Crippen LogP contribution in [-0.2, 0) is 19.6 Å². The largest absolute Gasteiger partial charge is 0.502 e. The number of ether oxygens (including phenoxy) is 2. The van der Waals surface area contributed by atoms with Crippen LogP contribution >= 0.6 is 23.4 Å². The summed E-state index contributed by atoms with van der Waals surface area (Å²) in [5.41, 5.74) is 0.942. The molecule has 0 saturated heterocycles. The first kappa shape index (κ1) is 22.1. The lowest BCUT2D eigenvalue weighted by molar-refractivity contribution is 0.300. The molecule has 0 aliphatic rings. The molecule has 0 unspecified atom stereocenters. The molecule has 2 aromatic rings. The van der Waals surface area contributed by atoms with Crippen molar-refractivity contribution >= 4 is 23.4 Å². The van der Waals surface area contributed by atoms with Crippen LogP contribution in [0.15, 0.2) is 41.6 Å². The predicted octanol–water partition coefficient (Wildman–Crippen LogP) is 3.66. The first-order chi connectivity index (χ1) is 13.4. The Bertz CT molecular complexity index is 816. The molecule has 0 fully saturated rings. The third kappa shape index (κ3) is 5.67. The van der Waals surface area contributed by atoms with Crippen molar-refractivity contribution in [3.8, 4) is 17.2 Å². The lowest BCUT2D eigenvalue weighted by Gasteiger charge is -2.18. The maximum Gasteiger partial charge on any atom is 0.200 e. The maximum atomic E-state index is 10.1. The Labute approximate surface area is 174 Å². The second-order valence-electron chi connectivity index (χ2n) is 6.13. The molecule has 2 rings (SSSR count). The van der Waals surface area contributed by atoms with Gasteiger partial charge in [-0.1, -0.05) is 36.0 Å². The van der Waals surface area contributed by atoms with Crippen LogP contribution in [0.1, 0.15) is 11.4 Å². The SMILES string of the molecule is C=CCn1c(CN(C)Cc2cc(OC)c(O)c(OC)c2)nnc1SCC(=C)Cl. The highest BCUT2D eigenvalue weighted by Gasteiger charge is 2.16. The Morgan fingerprint density at radius 3 is 2.46 bits per heavy atom.